The molecule has 1 heteroatoms. The van der Waals surface area contributed by atoms with Crippen molar-refractivity contribution in [1.82, 2.24) is 0 Å². The van der Waals surface area contributed by atoms with Crippen molar-refractivity contribution in [3.05, 3.63) is 35.9 Å². The smallest absolute Gasteiger partial charge is 0.0459 e. The molecule has 13 heavy (non-hydrogen) atoms. The third kappa shape index (κ3) is 3.19. The molecule has 0 aliphatic heterocycles. The molecular formula is C12H18O. The Morgan fingerprint density at radius 1 is 1.08 bits per heavy atom. The van der Waals surface area contributed by atoms with Crippen LogP contribution >= 0.6 is 0 Å². The second kappa shape index (κ2) is 5.03. The summed E-state index contributed by atoms with van der Waals surface area (Å²) in [6.45, 7) is 4.56. The Labute approximate surface area is 80.4 Å². The van der Waals surface area contributed by atoms with Gasteiger partial charge < -0.3 is 5.11 Å². The van der Waals surface area contributed by atoms with E-state index in [9.17, 15) is 0 Å². The molecule has 1 rings (SSSR count). The van der Waals surface area contributed by atoms with Crippen molar-refractivity contribution in [2.24, 2.45) is 11.8 Å². The standard InChI is InChI=1S/C12H18O/c1-10(11(2)9-13)8-12-6-4-3-5-7-12/h3-7,10-11,13H,8-9H2,1-2H3. The van der Waals surface area contributed by atoms with E-state index < -0.39 is 0 Å². The summed E-state index contributed by atoms with van der Waals surface area (Å²) in [5.41, 5.74) is 1.36. The molecule has 0 heterocycles. The fraction of sp³-hybridized carbons (Fsp3) is 0.500. The van der Waals surface area contributed by atoms with E-state index in [4.69, 9.17) is 5.11 Å². The van der Waals surface area contributed by atoms with Gasteiger partial charge in [0.25, 0.3) is 0 Å². The molecule has 1 nitrogen and oxygen atoms in total. The Morgan fingerprint density at radius 2 is 1.69 bits per heavy atom. The van der Waals surface area contributed by atoms with Gasteiger partial charge in [-0.2, -0.15) is 0 Å². The van der Waals surface area contributed by atoms with Crippen LogP contribution in [0.1, 0.15) is 19.4 Å². The summed E-state index contributed by atoms with van der Waals surface area (Å²) in [6, 6.07) is 10.4. The van der Waals surface area contributed by atoms with Crippen LogP contribution in [0.4, 0.5) is 0 Å². The lowest BCUT2D eigenvalue weighted by molar-refractivity contribution is 0.195. The first-order valence-electron chi connectivity index (χ1n) is 4.88. The molecular weight excluding hydrogens is 160 g/mol. The molecule has 0 radical (unpaired) electrons. The summed E-state index contributed by atoms with van der Waals surface area (Å²) in [5.74, 6) is 0.938. The zero-order valence-electron chi connectivity index (χ0n) is 8.40. The third-order valence-corrected chi connectivity index (χ3v) is 2.66. The zero-order valence-corrected chi connectivity index (χ0v) is 8.40. The van der Waals surface area contributed by atoms with E-state index in [2.05, 4.69) is 38.1 Å². The molecule has 72 valence electrons. The maximum atomic E-state index is 8.98. The van der Waals surface area contributed by atoms with Gasteiger partial charge in [-0.1, -0.05) is 44.2 Å². The number of benzene rings is 1. The van der Waals surface area contributed by atoms with Gasteiger partial charge >= 0.3 is 0 Å². The lowest BCUT2D eigenvalue weighted by Crippen LogP contribution is -2.14. The van der Waals surface area contributed by atoms with Crippen LogP contribution in [-0.2, 0) is 6.42 Å². The summed E-state index contributed by atoms with van der Waals surface area (Å²) in [6.07, 6.45) is 1.06. The van der Waals surface area contributed by atoms with E-state index >= 15 is 0 Å². The largest absolute Gasteiger partial charge is 0.396 e. The molecule has 1 aromatic carbocycles. The first-order chi connectivity index (χ1) is 6.24. The molecule has 1 aromatic rings. The normalized spacial score (nSPS) is 15.3. The van der Waals surface area contributed by atoms with Gasteiger partial charge in [0, 0.05) is 6.61 Å². The average Bonchev–Trinajstić information content (AvgIpc) is 2.18. The van der Waals surface area contributed by atoms with E-state index in [0.717, 1.165) is 6.42 Å². The number of hydrogen-bond acceptors (Lipinski definition) is 1. The first kappa shape index (κ1) is 10.3. The number of aliphatic hydroxyl groups excluding tert-OH is 1. The van der Waals surface area contributed by atoms with Crippen LogP contribution < -0.4 is 0 Å². The third-order valence-electron chi connectivity index (χ3n) is 2.66. The number of rotatable bonds is 4. The molecule has 0 saturated carbocycles. The lowest BCUT2D eigenvalue weighted by atomic mass is 9.90. The van der Waals surface area contributed by atoms with E-state index in [1.165, 1.54) is 5.56 Å². The van der Waals surface area contributed by atoms with Gasteiger partial charge in [0.2, 0.25) is 0 Å². The minimum absolute atomic E-state index is 0.286. The van der Waals surface area contributed by atoms with Crippen molar-refractivity contribution >= 4 is 0 Å². The lowest BCUT2D eigenvalue weighted by Gasteiger charge is -2.17. The Kier molecular flexibility index (Phi) is 3.97. The van der Waals surface area contributed by atoms with Crippen LogP contribution in [0.3, 0.4) is 0 Å². The molecule has 0 fully saturated rings. The summed E-state index contributed by atoms with van der Waals surface area (Å²) < 4.78 is 0. The van der Waals surface area contributed by atoms with Gasteiger partial charge in [-0.15, -0.1) is 0 Å². The van der Waals surface area contributed by atoms with Crippen LogP contribution in [-0.4, -0.2) is 11.7 Å². The predicted molar refractivity (Wildman–Crippen MR) is 55.6 cm³/mol. The molecule has 1 N–H and O–H groups in total. The van der Waals surface area contributed by atoms with Crippen molar-refractivity contribution in [2.75, 3.05) is 6.61 Å². The van der Waals surface area contributed by atoms with Crippen molar-refractivity contribution in [1.29, 1.82) is 0 Å². The highest BCUT2D eigenvalue weighted by Gasteiger charge is 2.10. The number of aliphatic hydroxyl groups is 1. The molecule has 0 amide bonds. The molecule has 0 spiro atoms. The quantitative estimate of drug-likeness (QED) is 0.751. The summed E-state index contributed by atoms with van der Waals surface area (Å²) in [5, 5.41) is 8.98. The molecule has 0 bridgehead atoms. The van der Waals surface area contributed by atoms with Crippen LogP contribution in [0, 0.1) is 11.8 Å². The van der Waals surface area contributed by atoms with Gasteiger partial charge in [-0.25, -0.2) is 0 Å². The van der Waals surface area contributed by atoms with Crippen LogP contribution in [0.15, 0.2) is 30.3 Å². The Morgan fingerprint density at radius 3 is 2.23 bits per heavy atom. The molecule has 0 saturated heterocycles. The molecule has 0 aromatic heterocycles. The second-order valence-electron chi connectivity index (χ2n) is 3.83. The monoisotopic (exact) mass is 178 g/mol. The Bertz CT molecular complexity index is 230. The van der Waals surface area contributed by atoms with E-state index in [1.807, 2.05) is 6.07 Å². The highest BCUT2D eigenvalue weighted by Crippen LogP contribution is 2.16. The van der Waals surface area contributed by atoms with E-state index in [0.29, 0.717) is 11.8 Å². The van der Waals surface area contributed by atoms with Gasteiger partial charge in [-0.3, -0.25) is 0 Å². The minimum atomic E-state index is 0.286. The zero-order chi connectivity index (χ0) is 9.68. The van der Waals surface area contributed by atoms with Crippen LogP contribution in [0.25, 0.3) is 0 Å². The van der Waals surface area contributed by atoms with Gasteiger partial charge in [0.15, 0.2) is 0 Å². The number of hydrogen-bond donors (Lipinski definition) is 1. The maximum absolute atomic E-state index is 8.98. The summed E-state index contributed by atoms with van der Waals surface area (Å²) >= 11 is 0. The molecule has 0 aliphatic carbocycles. The fourth-order valence-corrected chi connectivity index (χ4v) is 1.37. The molecule has 0 aliphatic rings. The summed E-state index contributed by atoms with van der Waals surface area (Å²) in [7, 11) is 0. The van der Waals surface area contributed by atoms with Gasteiger partial charge in [0.1, 0.15) is 0 Å². The highest BCUT2D eigenvalue weighted by molar-refractivity contribution is 5.15. The topological polar surface area (TPSA) is 20.2 Å². The van der Waals surface area contributed by atoms with Crippen molar-refractivity contribution in [2.45, 2.75) is 20.3 Å². The minimum Gasteiger partial charge on any atom is -0.396 e. The van der Waals surface area contributed by atoms with Crippen LogP contribution in [0.5, 0.6) is 0 Å². The highest BCUT2D eigenvalue weighted by atomic mass is 16.3. The van der Waals surface area contributed by atoms with Crippen LogP contribution in [0.2, 0.25) is 0 Å². The second-order valence-corrected chi connectivity index (χ2v) is 3.83. The fourth-order valence-electron chi connectivity index (χ4n) is 1.37. The van der Waals surface area contributed by atoms with Gasteiger partial charge in [-0.05, 0) is 23.8 Å². The molecule has 2 atom stereocenters. The SMILES string of the molecule is CC(CO)C(C)Cc1ccccc1. The first-order valence-corrected chi connectivity index (χ1v) is 4.88. The average molecular weight is 178 g/mol. The van der Waals surface area contributed by atoms with Crippen molar-refractivity contribution < 1.29 is 5.11 Å². The molecule has 2 unspecified atom stereocenters. The Hall–Kier alpha value is -0.820. The summed E-state index contributed by atoms with van der Waals surface area (Å²) in [4.78, 5) is 0. The van der Waals surface area contributed by atoms with Crippen molar-refractivity contribution in [3.63, 3.8) is 0 Å². The maximum Gasteiger partial charge on any atom is 0.0459 e. The van der Waals surface area contributed by atoms with E-state index in [-0.39, 0.29) is 6.61 Å². The Balaban J connectivity index is 2.50. The van der Waals surface area contributed by atoms with E-state index in [1.54, 1.807) is 0 Å². The predicted octanol–water partition coefficient (Wildman–Crippen LogP) is 2.49. The van der Waals surface area contributed by atoms with Gasteiger partial charge in [0.05, 0.1) is 0 Å². The van der Waals surface area contributed by atoms with Crippen molar-refractivity contribution in [3.8, 4) is 0 Å².